The zero-order valence-electron chi connectivity index (χ0n) is 29.1. The molecule has 1 saturated heterocycles. The van der Waals surface area contributed by atoms with Gasteiger partial charge in [0.05, 0.1) is 4.91 Å². The van der Waals surface area contributed by atoms with E-state index < -0.39 is 0 Å². The quantitative estimate of drug-likeness (QED) is 0.176. The predicted octanol–water partition coefficient (Wildman–Crippen LogP) is 10.4. The summed E-state index contributed by atoms with van der Waals surface area (Å²) in [5, 5.41) is 13.1. The first-order chi connectivity index (χ1) is 21.8. The first-order valence-corrected chi connectivity index (χ1v) is 18.2. The lowest BCUT2D eigenvalue weighted by molar-refractivity contribution is -0.115. The molecule has 0 bridgehead atoms. The molecule has 3 atom stereocenters. The number of hydrogen-bond donors (Lipinski definition) is 2. The molecule has 46 heavy (non-hydrogen) atoms. The summed E-state index contributed by atoms with van der Waals surface area (Å²) in [6, 6.07) is 7.36. The Kier molecular flexibility index (Phi) is 12.7. The minimum absolute atomic E-state index is 0.215. The van der Waals surface area contributed by atoms with Crippen LogP contribution >= 0.6 is 11.8 Å². The Bertz CT molecular complexity index is 1400. The van der Waals surface area contributed by atoms with E-state index in [0.717, 1.165) is 88.8 Å². The van der Waals surface area contributed by atoms with Gasteiger partial charge in [-0.05, 0) is 111 Å². The topological polar surface area (TPSA) is 84.9 Å². The SMILES string of the molecule is Cc1c(C)c2c(c(COc3ccc(/C=C4\SC(=O)NC4=O)cc3)c1O)CCC(C)(CCCC(C)CCCC(C)CCCC(C)C)O2. The van der Waals surface area contributed by atoms with Crippen LogP contribution in [-0.2, 0) is 17.8 Å². The molecule has 2 aromatic rings. The molecule has 2 aliphatic rings. The second-order valence-electron chi connectivity index (χ2n) is 14.5. The van der Waals surface area contributed by atoms with Crippen LogP contribution in [0.2, 0.25) is 0 Å². The fourth-order valence-electron chi connectivity index (χ4n) is 6.69. The maximum Gasteiger partial charge on any atom is 0.290 e. The number of phenols is 1. The van der Waals surface area contributed by atoms with Gasteiger partial charge in [-0.15, -0.1) is 0 Å². The van der Waals surface area contributed by atoms with Crippen molar-refractivity contribution in [2.45, 2.75) is 131 Å². The summed E-state index contributed by atoms with van der Waals surface area (Å²) >= 11 is 0.899. The Morgan fingerprint density at radius 1 is 0.957 bits per heavy atom. The van der Waals surface area contributed by atoms with E-state index in [1.165, 1.54) is 44.9 Å². The Hall–Kier alpha value is -2.93. The Morgan fingerprint density at radius 3 is 2.20 bits per heavy atom. The van der Waals surface area contributed by atoms with Crippen molar-refractivity contribution in [1.82, 2.24) is 5.32 Å². The number of amides is 2. The van der Waals surface area contributed by atoms with E-state index in [4.69, 9.17) is 9.47 Å². The van der Waals surface area contributed by atoms with Crippen molar-refractivity contribution in [3.63, 3.8) is 0 Å². The van der Waals surface area contributed by atoms with E-state index in [-0.39, 0.29) is 29.1 Å². The number of ether oxygens (including phenoxy) is 2. The van der Waals surface area contributed by atoms with Gasteiger partial charge < -0.3 is 14.6 Å². The second-order valence-corrected chi connectivity index (χ2v) is 15.5. The first kappa shape index (κ1) is 35.9. The standard InChI is InChI=1S/C39H55NO5S/c1-25(2)11-8-12-26(3)13-9-14-27(4)15-10-21-39(7)22-20-32-33(35(41)28(5)29(6)36(32)45-39)24-44-31-18-16-30(17-19-31)23-34-37(42)40-38(43)46-34/h16-19,23,25-27,41H,8-15,20-22,24H2,1-7H3,(H,40,42,43)/b34-23-. The van der Waals surface area contributed by atoms with Crippen LogP contribution < -0.4 is 14.8 Å². The zero-order chi connectivity index (χ0) is 33.4. The lowest BCUT2D eigenvalue weighted by Gasteiger charge is -2.38. The van der Waals surface area contributed by atoms with Crippen LogP contribution in [-0.4, -0.2) is 21.9 Å². The van der Waals surface area contributed by atoms with Gasteiger partial charge in [0.2, 0.25) is 0 Å². The van der Waals surface area contributed by atoms with Crippen LogP contribution in [0, 0.1) is 31.6 Å². The van der Waals surface area contributed by atoms with E-state index >= 15 is 0 Å². The molecule has 6 nitrogen and oxygen atoms in total. The molecular formula is C39H55NO5S. The third-order valence-electron chi connectivity index (χ3n) is 9.91. The highest BCUT2D eigenvalue weighted by Gasteiger charge is 2.35. The first-order valence-electron chi connectivity index (χ1n) is 17.4. The van der Waals surface area contributed by atoms with Gasteiger partial charge in [-0.1, -0.05) is 84.8 Å². The van der Waals surface area contributed by atoms with Crippen molar-refractivity contribution >= 4 is 29.0 Å². The molecular weight excluding hydrogens is 594 g/mol. The molecule has 0 aliphatic carbocycles. The summed E-state index contributed by atoms with van der Waals surface area (Å²) in [4.78, 5) is 23.7. The highest BCUT2D eigenvalue weighted by atomic mass is 32.2. The molecule has 7 heteroatoms. The van der Waals surface area contributed by atoms with Crippen LogP contribution in [0.3, 0.4) is 0 Å². The molecule has 2 heterocycles. The number of phenolic OH excluding ortho intramolecular Hbond substituents is 1. The molecule has 4 rings (SSSR count). The van der Waals surface area contributed by atoms with Crippen LogP contribution in [0.4, 0.5) is 4.79 Å². The van der Waals surface area contributed by atoms with Crippen molar-refractivity contribution in [3.8, 4) is 17.2 Å². The average Bonchev–Trinajstić information content (AvgIpc) is 3.32. The normalized spacial score (nSPS) is 20.0. The second kappa shape index (κ2) is 16.3. The Balaban J connectivity index is 1.30. The molecule has 0 saturated carbocycles. The summed E-state index contributed by atoms with van der Waals surface area (Å²) in [7, 11) is 0. The smallest absolute Gasteiger partial charge is 0.290 e. The van der Waals surface area contributed by atoms with Crippen molar-refractivity contribution in [2.24, 2.45) is 17.8 Å². The minimum Gasteiger partial charge on any atom is -0.507 e. The van der Waals surface area contributed by atoms with Crippen LogP contribution in [0.1, 0.15) is 127 Å². The third-order valence-corrected chi connectivity index (χ3v) is 10.7. The molecule has 1 fully saturated rings. The summed E-state index contributed by atoms with van der Waals surface area (Å²) < 4.78 is 12.9. The van der Waals surface area contributed by atoms with Crippen molar-refractivity contribution < 1.29 is 24.2 Å². The zero-order valence-corrected chi connectivity index (χ0v) is 29.9. The molecule has 0 aromatic heterocycles. The number of thioether (sulfide) groups is 1. The largest absolute Gasteiger partial charge is 0.507 e. The van der Waals surface area contributed by atoms with Gasteiger partial charge >= 0.3 is 0 Å². The number of rotatable bonds is 16. The lowest BCUT2D eigenvalue weighted by atomic mass is 9.83. The van der Waals surface area contributed by atoms with Crippen molar-refractivity contribution in [2.75, 3.05) is 0 Å². The summed E-state index contributed by atoms with van der Waals surface area (Å²) in [6.45, 7) is 15.9. The van der Waals surface area contributed by atoms with E-state index in [0.29, 0.717) is 10.7 Å². The third kappa shape index (κ3) is 9.79. The maximum absolute atomic E-state index is 11.8. The van der Waals surface area contributed by atoms with Crippen molar-refractivity contribution in [1.29, 1.82) is 0 Å². The molecule has 252 valence electrons. The molecule has 3 unspecified atom stereocenters. The number of hydrogen-bond acceptors (Lipinski definition) is 6. The van der Waals surface area contributed by atoms with Crippen LogP contribution in [0.25, 0.3) is 6.08 Å². The number of nitrogens with one attached hydrogen (secondary N) is 1. The number of benzene rings is 2. The number of fused-ring (bicyclic) bond motifs is 1. The summed E-state index contributed by atoms with van der Waals surface area (Å²) in [5.41, 5.74) is 4.25. The van der Waals surface area contributed by atoms with Crippen LogP contribution in [0.5, 0.6) is 17.2 Å². The van der Waals surface area contributed by atoms with E-state index in [2.05, 4.69) is 39.9 Å². The summed E-state index contributed by atoms with van der Waals surface area (Å²) in [5.74, 6) is 3.86. The van der Waals surface area contributed by atoms with Crippen molar-refractivity contribution in [3.05, 3.63) is 57.0 Å². The van der Waals surface area contributed by atoms with Gasteiger partial charge in [-0.3, -0.25) is 14.9 Å². The number of aromatic hydroxyl groups is 1. The van der Waals surface area contributed by atoms with E-state index in [9.17, 15) is 14.7 Å². The number of carbonyl (C=O) groups is 2. The molecule has 2 aromatic carbocycles. The summed E-state index contributed by atoms with van der Waals surface area (Å²) in [6.07, 6.45) is 15.0. The van der Waals surface area contributed by atoms with E-state index in [1.54, 1.807) is 6.08 Å². The monoisotopic (exact) mass is 649 g/mol. The predicted molar refractivity (Wildman–Crippen MR) is 190 cm³/mol. The molecule has 2 amide bonds. The van der Waals surface area contributed by atoms with Gasteiger partial charge in [-0.2, -0.15) is 0 Å². The Morgan fingerprint density at radius 2 is 1.59 bits per heavy atom. The molecule has 0 spiro atoms. The molecule has 0 radical (unpaired) electrons. The van der Waals surface area contributed by atoms with Crippen LogP contribution in [0.15, 0.2) is 29.2 Å². The highest BCUT2D eigenvalue weighted by Crippen LogP contribution is 2.45. The Labute approximate surface area is 281 Å². The van der Waals surface area contributed by atoms with Gasteiger partial charge in [0.25, 0.3) is 11.1 Å². The van der Waals surface area contributed by atoms with Gasteiger partial charge in [0, 0.05) is 11.1 Å². The number of imide groups is 1. The fourth-order valence-corrected chi connectivity index (χ4v) is 7.37. The minimum atomic E-state index is -0.374. The maximum atomic E-state index is 11.8. The lowest BCUT2D eigenvalue weighted by Crippen LogP contribution is -2.37. The molecule has 2 N–H and O–H groups in total. The molecule has 2 aliphatic heterocycles. The number of carbonyl (C=O) groups excluding carboxylic acids is 2. The van der Waals surface area contributed by atoms with E-state index in [1.807, 2.05) is 38.1 Å². The fraction of sp³-hybridized carbons (Fsp3) is 0.590. The van der Waals surface area contributed by atoms with Gasteiger partial charge in [0.15, 0.2) is 0 Å². The highest BCUT2D eigenvalue weighted by molar-refractivity contribution is 8.18. The average molecular weight is 650 g/mol. The van der Waals surface area contributed by atoms with Gasteiger partial charge in [0.1, 0.15) is 29.5 Å². The van der Waals surface area contributed by atoms with Gasteiger partial charge in [-0.25, -0.2) is 0 Å².